The Hall–Kier alpha value is -0.820. The van der Waals surface area contributed by atoms with Gasteiger partial charge in [-0.3, -0.25) is 0 Å². The maximum atomic E-state index is 4.32. The largest absolute Gasteiger partial charge is 0.311 e. The Kier molecular flexibility index (Phi) is 3.43. The van der Waals surface area contributed by atoms with Gasteiger partial charge in [0.15, 0.2) is 5.01 Å². The van der Waals surface area contributed by atoms with Crippen molar-refractivity contribution in [2.75, 3.05) is 7.05 Å². The van der Waals surface area contributed by atoms with E-state index >= 15 is 0 Å². The van der Waals surface area contributed by atoms with Gasteiger partial charge in [0.25, 0.3) is 0 Å². The van der Waals surface area contributed by atoms with Crippen LogP contribution in [0.5, 0.6) is 0 Å². The van der Waals surface area contributed by atoms with Gasteiger partial charge in [0.1, 0.15) is 5.01 Å². The summed E-state index contributed by atoms with van der Waals surface area (Å²) in [5, 5.41) is 16.1. The SMILES string of the molecule is CCC(NC)c1nnc(-c2cc3sccc3s2)s1. The third kappa shape index (κ3) is 2.09. The molecule has 18 heavy (non-hydrogen) atoms. The van der Waals surface area contributed by atoms with E-state index in [0.717, 1.165) is 16.4 Å². The molecule has 3 rings (SSSR count). The number of hydrogen-bond acceptors (Lipinski definition) is 6. The predicted molar refractivity (Wildman–Crippen MR) is 80.7 cm³/mol. The lowest BCUT2D eigenvalue weighted by Gasteiger charge is -2.07. The minimum atomic E-state index is 0.317. The fourth-order valence-corrected chi connectivity index (χ4v) is 5.03. The summed E-state index contributed by atoms with van der Waals surface area (Å²) in [5.41, 5.74) is 0. The summed E-state index contributed by atoms with van der Waals surface area (Å²) in [6.07, 6.45) is 1.03. The molecule has 3 aromatic heterocycles. The molecule has 3 heterocycles. The first-order valence-electron chi connectivity index (χ1n) is 5.80. The molecule has 6 heteroatoms. The molecule has 0 spiro atoms. The van der Waals surface area contributed by atoms with Crippen LogP contribution in [0.2, 0.25) is 0 Å². The van der Waals surface area contributed by atoms with E-state index in [4.69, 9.17) is 0 Å². The standard InChI is InChI=1S/C12H13N3S3/c1-3-7(13-2)11-14-15-12(18-11)10-6-9-8(17-10)4-5-16-9/h4-7,13H,3H2,1-2H3. The summed E-state index contributed by atoms with van der Waals surface area (Å²) in [4.78, 5) is 1.23. The van der Waals surface area contributed by atoms with Crippen molar-refractivity contribution < 1.29 is 0 Å². The van der Waals surface area contributed by atoms with Crippen LogP contribution in [0.3, 0.4) is 0 Å². The Morgan fingerprint density at radius 1 is 1.28 bits per heavy atom. The molecule has 3 aromatic rings. The van der Waals surface area contributed by atoms with Crippen molar-refractivity contribution in [1.82, 2.24) is 15.5 Å². The van der Waals surface area contributed by atoms with E-state index in [9.17, 15) is 0 Å². The van der Waals surface area contributed by atoms with E-state index in [1.54, 1.807) is 34.0 Å². The summed E-state index contributed by atoms with van der Waals surface area (Å²) in [5.74, 6) is 0. The molecule has 0 amide bonds. The van der Waals surface area contributed by atoms with Gasteiger partial charge in [-0.2, -0.15) is 0 Å². The van der Waals surface area contributed by atoms with Crippen molar-refractivity contribution in [1.29, 1.82) is 0 Å². The number of thiophene rings is 2. The smallest absolute Gasteiger partial charge is 0.157 e. The molecule has 0 aromatic carbocycles. The topological polar surface area (TPSA) is 37.8 Å². The maximum Gasteiger partial charge on any atom is 0.157 e. The van der Waals surface area contributed by atoms with E-state index in [2.05, 4.69) is 40.0 Å². The van der Waals surface area contributed by atoms with Crippen LogP contribution in [0.25, 0.3) is 19.3 Å². The summed E-state index contributed by atoms with van der Waals surface area (Å²) in [6, 6.07) is 4.70. The van der Waals surface area contributed by atoms with Crippen LogP contribution in [-0.4, -0.2) is 17.2 Å². The van der Waals surface area contributed by atoms with Gasteiger partial charge < -0.3 is 5.32 Å². The fourth-order valence-electron chi connectivity index (χ4n) is 1.85. The van der Waals surface area contributed by atoms with Gasteiger partial charge in [-0.1, -0.05) is 18.3 Å². The van der Waals surface area contributed by atoms with Crippen LogP contribution in [0.15, 0.2) is 17.5 Å². The Balaban J connectivity index is 1.95. The molecule has 94 valence electrons. The first-order chi connectivity index (χ1) is 8.81. The molecule has 0 fully saturated rings. The highest BCUT2D eigenvalue weighted by atomic mass is 32.1. The zero-order valence-electron chi connectivity index (χ0n) is 10.1. The molecule has 1 N–H and O–H groups in total. The average molecular weight is 295 g/mol. The lowest BCUT2D eigenvalue weighted by atomic mass is 10.2. The predicted octanol–water partition coefficient (Wildman–Crippen LogP) is 4.15. The molecule has 0 radical (unpaired) electrons. The molecule has 0 saturated carbocycles. The van der Waals surface area contributed by atoms with Crippen molar-refractivity contribution in [3.8, 4) is 9.88 Å². The summed E-state index contributed by atoms with van der Waals surface area (Å²) < 4.78 is 2.68. The molecule has 0 aliphatic rings. The zero-order valence-corrected chi connectivity index (χ0v) is 12.6. The third-order valence-electron chi connectivity index (χ3n) is 2.85. The van der Waals surface area contributed by atoms with Gasteiger partial charge in [-0.15, -0.1) is 32.9 Å². The maximum absolute atomic E-state index is 4.32. The second-order valence-corrected chi connectivity index (χ2v) is 7.00. The highest BCUT2D eigenvalue weighted by Crippen LogP contribution is 2.38. The van der Waals surface area contributed by atoms with Crippen LogP contribution < -0.4 is 5.32 Å². The fraction of sp³-hybridized carbons (Fsp3) is 0.333. The van der Waals surface area contributed by atoms with Crippen molar-refractivity contribution in [2.24, 2.45) is 0 Å². The van der Waals surface area contributed by atoms with Gasteiger partial charge in [-0.05, 0) is 31.0 Å². The monoisotopic (exact) mass is 295 g/mol. The molecular weight excluding hydrogens is 282 g/mol. The highest BCUT2D eigenvalue weighted by molar-refractivity contribution is 7.30. The number of nitrogens with one attached hydrogen (secondary N) is 1. The van der Waals surface area contributed by atoms with E-state index in [1.165, 1.54) is 14.3 Å². The lowest BCUT2D eigenvalue weighted by molar-refractivity contribution is 0.568. The van der Waals surface area contributed by atoms with Gasteiger partial charge in [-0.25, -0.2) is 0 Å². The molecule has 0 aliphatic heterocycles. The van der Waals surface area contributed by atoms with Crippen molar-refractivity contribution in [2.45, 2.75) is 19.4 Å². The Morgan fingerprint density at radius 3 is 2.89 bits per heavy atom. The Labute approximate surface area is 118 Å². The van der Waals surface area contributed by atoms with Crippen molar-refractivity contribution in [3.05, 3.63) is 22.5 Å². The number of rotatable bonds is 4. The van der Waals surface area contributed by atoms with Crippen LogP contribution in [0, 0.1) is 0 Å². The van der Waals surface area contributed by atoms with Crippen LogP contribution in [0.4, 0.5) is 0 Å². The van der Waals surface area contributed by atoms with Gasteiger partial charge in [0.05, 0.1) is 10.9 Å². The van der Waals surface area contributed by atoms with E-state index in [-0.39, 0.29) is 0 Å². The van der Waals surface area contributed by atoms with Crippen molar-refractivity contribution >= 4 is 43.4 Å². The summed E-state index contributed by atoms with van der Waals surface area (Å²) >= 11 is 5.27. The minimum Gasteiger partial charge on any atom is -0.311 e. The molecule has 3 nitrogen and oxygen atoms in total. The van der Waals surface area contributed by atoms with E-state index in [0.29, 0.717) is 6.04 Å². The zero-order chi connectivity index (χ0) is 12.5. The number of nitrogens with zero attached hydrogens (tertiary/aromatic N) is 2. The summed E-state index contributed by atoms with van der Waals surface area (Å²) in [6.45, 7) is 2.16. The average Bonchev–Trinajstić information content (AvgIpc) is 3.04. The second kappa shape index (κ2) is 5.05. The molecule has 1 unspecified atom stereocenters. The number of hydrogen-bond donors (Lipinski definition) is 1. The van der Waals surface area contributed by atoms with Gasteiger partial charge in [0.2, 0.25) is 0 Å². The van der Waals surface area contributed by atoms with E-state index < -0.39 is 0 Å². The molecular formula is C12H13N3S3. The second-order valence-electron chi connectivity index (χ2n) is 3.95. The van der Waals surface area contributed by atoms with Gasteiger partial charge >= 0.3 is 0 Å². The summed E-state index contributed by atoms with van der Waals surface area (Å²) in [7, 11) is 1.97. The third-order valence-corrected chi connectivity index (χ3v) is 6.15. The number of aromatic nitrogens is 2. The molecule has 0 saturated heterocycles. The minimum absolute atomic E-state index is 0.317. The Morgan fingerprint density at radius 2 is 2.17 bits per heavy atom. The molecule has 0 aliphatic carbocycles. The first kappa shape index (κ1) is 12.2. The first-order valence-corrected chi connectivity index (χ1v) is 8.31. The quantitative estimate of drug-likeness (QED) is 0.785. The van der Waals surface area contributed by atoms with Crippen LogP contribution in [0.1, 0.15) is 24.4 Å². The van der Waals surface area contributed by atoms with Crippen LogP contribution >= 0.6 is 34.0 Å². The Bertz CT molecular complexity index is 620. The number of fused-ring (bicyclic) bond motifs is 1. The van der Waals surface area contributed by atoms with Gasteiger partial charge in [0, 0.05) is 9.40 Å². The lowest BCUT2D eigenvalue weighted by Crippen LogP contribution is -2.14. The van der Waals surface area contributed by atoms with Crippen molar-refractivity contribution in [3.63, 3.8) is 0 Å². The highest BCUT2D eigenvalue weighted by Gasteiger charge is 2.15. The van der Waals surface area contributed by atoms with E-state index in [1.807, 2.05) is 7.05 Å². The molecule has 0 bridgehead atoms. The molecule has 1 atom stereocenters. The normalized spacial score (nSPS) is 13.2. The van der Waals surface area contributed by atoms with Crippen LogP contribution in [-0.2, 0) is 0 Å².